The van der Waals surface area contributed by atoms with Crippen molar-refractivity contribution in [3.63, 3.8) is 0 Å². The Balaban J connectivity index is 2.96. The number of aliphatic hydroxyl groups excluding tert-OH is 1. The number of amides is 1. The summed E-state index contributed by atoms with van der Waals surface area (Å²) in [6.45, 7) is 4.78. The Morgan fingerprint density at radius 1 is 1.56 bits per heavy atom. The molecule has 0 aliphatic rings. The molecule has 0 aliphatic heterocycles. The summed E-state index contributed by atoms with van der Waals surface area (Å²) in [5.41, 5.74) is 1.80. The first-order chi connectivity index (χ1) is 8.49. The van der Waals surface area contributed by atoms with Crippen LogP contribution < -0.4 is 10.2 Å². The maximum Gasteiger partial charge on any atom is 0.239 e. The molecule has 0 heterocycles. The van der Waals surface area contributed by atoms with Crippen LogP contribution in [0.15, 0.2) is 22.7 Å². The van der Waals surface area contributed by atoms with Crippen LogP contribution in [0.2, 0.25) is 0 Å². The normalized spacial score (nSPS) is 12.1. The standard InChI is InChI=1S/C13H19BrN2O2/c1-4-16(8-13(18)15-3)12-6-5-10(9(2)17)7-11(12)14/h5-7,9,17H,4,8H2,1-3H3,(H,15,18)/t9-/m1/s1. The molecule has 100 valence electrons. The summed E-state index contributed by atoms with van der Waals surface area (Å²) in [4.78, 5) is 13.4. The van der Waals surface area contributed by atoms with Crippen molar-refractivity contribution >= 4 is 27.5 Å². The summed E-state index contributed by atoms with van der Waals surface area (Å²) >= 11 is 3.48. The van der Waals surface area contributed by atoms with Crippen LogP contribution >= 0.6 is 15.9 Å². The Morgan fingerprint density at radius 3 is 2.67 bits per heavy atom. The van der Waals surface area contributed by atoms with Gasteiger partial charge in [-0.1, -0.05) is 6.07 Å². The second-order valence-electron chi connectivity index (χ2n) is 4.07. The Hall–Kier alpha value is -1.07. The molecule has 4 nitrogen and oxygen atoms in total. The van der Waals surface area contributed by atoms with E-state index in [1.54, 1.807) is 14.0 Å². The number of anilines is 1. The third kappa shape index (κ3) is 3.71. The van der Waals surface area contributed by atoms with Gasteiger partial charge in [-0.2, -0.15) is 0 Å². The molecule has 0 aromatic heterocycles. The number of likely N-dealkylation sites (N-methyl/N-ethyl adjacent to an activating group) is 2. The fraction of sp³-hybridized carbons (Fsp3) is 0.462. The number of benzene rings is 1. The van der Waals surface area contributed by atoms with Crippen molar-refractivity contribution in [3.05, 3.63) is 28.2 Å². The van der Waals surface area contributed by atoms with E-state index in [0.717, 1.165) is 22.3 Å². The Kier molecular flexibility index (Phi) is 5.62. The van der Waals surface area contributed by atoms with Gasteiger partial charge in [0.1, 0.15) is 0 Å². The van der Waals surface area contributed by atoms with Crippen molar-refractivity contribution in [1.29, 1.82) is 0 Å². The van der Waals surface area contributed by atoms with Gasteiger partial charge < -0.3 is 15.3 Å². The molecule has 0 fully saturated rings. The fourth-order valence-corrected chi connectivity index (χ4v) is 2.31. The summed E-state index contributed by atoms with van der Waals surface area (Å²) < 4.78 is 0.881. The van der Waals surface area contributed by atoms with Gasteiger partial charge in [-0.25, -0.2) is 0 Å². The Bertz CT molecular complexity index is 421. The van der Waals surface area contributed by atoms with E-state index in [2.05, 4.69) is 21.2 Å². The molecule has 0 radical (unpaired) electrons. The predicted molar refractivity (Wildman–Crippen MR) is 76.7 cm³/mol. The van der Waals surface area contributed by atoms with Crippen molar-refractivity contribution in [2.24, 2.45) is 0 Å². The van der Waals surface area contributed by atoms with Crippen molar-refractivity contribution in [2.75, 3.05) is 25.0 Å². The fourth-order valence-electron chi connectivity index (χ4n) is 1.66. The summed E-state index contributed by atoms with van der Waals surface area (Å²) in [6, 6.07) is 5.67. The zero-order chi connectivity index (χ0) is 13.7. The highest BCUT2D eigenvalue weighted by Crippen LogP contribution is 2.29. The van der Waals surface area contributed by atoms with E-state index in [9.17, 15) is 9.90 Å². The largest absolute Gasteiger partial charge is 0.389 e. The van der Waals surface area contributed by atoms with E-state index >= 15 is 0 Å². The number of rotatable bonds is 5. The SMILES string of the molecule is CCN(CC(=O)NC)c1ccc([C@@H](C)O)cc1Br. The number of carbonyl (C=O) groups is 1. The Labute approximate surface area is 116 Å². The monoisotopic (exact) mass is 314 g/mol. The lowest BCUT2D eigenvalue weighted by molar-refractivity contribution is -0.119. The molecule has 0 spiro atoms. The minimum Gasteiger partial charge on any atom is -0.389 e. The van der Waals surface area contributed by atoms with Gasteiger partial charge in [0.2, 0.25) is 5.91 Å². The topological polar surface area (TPSA) is 52.6 Å². The number of carbonyl (C=O) groups excluding carboxylic acids is 1. The third-order valence-corrected chi connectivity index (χ3v) is 3.43. The highest BCUT2D eigenvalue weighted by Gasteiger charge is 2.13. The molecule has 0 saturated carbocycles. The highest BCUT2D eigenvalue weighted by molar-refractivity contribution is 9.10. The molecule has 1 aromatic rings. The molecule has 0 aliphatic carbocycles. The summed E-state index contributed by atoms with van der Waals surface area (Å²) in [6.07, 6.45) is -0.496. The molecule has 0 saturated heterocycles. The summed E-state index contributed by atoms with van der Waals surface area (Å²) in [5, 5.41) is 12.1. The van der Waals surface area contributed by atoms with Crippen molar-refractivity contribution < 1.29 is 9.90 Å². The van der Waals surface area contributed by atoms with Gasteiger partial charge in [-0.3, -0.25) is 4.79 Å². The van der Waals surface area contributed by atoms with E-state index in [4.69, 9.17) is 0 Å². The quantitative estimate of drug-likeness (QED) is 0.875. The first-order valence-electron chi connectivity index (χ1n) is 5.92. The maximum absolute atomic E-state index is 11.4. The molecule has 5 heteroatoms. The Morgan fingerprint density at radius 2 is 2.22 bits per heavy atom. The molecule has 1 aromatic carbocycles. The second-order valence-corrected chi connectivity index (χ2v) is 4.93. The highest BCUT2D eigenvalue weighted by atomic mass is 79.9. The van der Waals surface area contributed by atoms with Crippen molar-refractivity contribution in [2.45, 2.75) is 20.0 Å². The van der Waals surface area contributed by atoms with Crippen LogP contribution in [0.4, 0.5) is 5.69 Å². The molecule has 1 amide bonds. The van der Waals surface area contributed by atoms with E-state index in [0.29, 0.717) is 6.54 Å². The minimum absolute atomic E-state index is 0.0247. The first kappa shape index (κ1) is 15.0. The second kappa shape index (κ2) is 6.75. The summed E-state index contributed by atoms with van der Waals surface area (Å²) in [5.74, 6) is -0.0247. The number of hydrogen-bond acceptors (Lipinski definition) is 3. The van der Waals surface area contributed by atoms with E-state index < -0.39 is 6.10 Å². The maximum atomic E-state index is 11.4. The zero-order valence-electron chi connectivity index (χ0n) is 10.9. The van der Waals surface area contributed by atoms with Crippen LogP contribution in [0.1, 0.15) is 25.5 Å². The van der Waals surface area contributed by atoms with Crippen LogP contribution in [0.3, 0.4) is 0 Å². The van der Waals surface area contributed by atoms with Crippen LogP contribution in [0, 0.1) is 0 Å². The van der Waals surface area contributed by atoms with E-state index in [1.807, 2.05) is 30.0 Å². The molecule has 2 N–H and O–H groups in total. The van der Waals surface area contributed by atoms with Gasteiger partial charge in [-0.15, -0.1) is 0 Å². The molecular weight excluding hydrogens is 296 g/mol. The van der Waals surface area contributed by atoms with Gasteiger partial charge in [-0.05, 0) is 47.5 Å². The van der Waals surface area contributed by atoms with Crippen LogP contribution in [-0.2, 0) is 4.79 Å². The van der Waals surface area contributed by atoms with Gasteiger partial charge in [0.15, 0.2) is 0 Å². The van der Waals surface area contributed by atoms with Crippen LogP contribution in [-0.4, -0.2) is 31.2 Å². The lowest BCUT2D eigenvalue weighted by Crippen LogP contribution is -2.35. The average Bonchev–Trinajstić information content (AvgIpc) is 2.35. The van der Waals surface area contributed by atoms with Crippen molar-refractivity contribution in [3.8, 4) is 0 Å². The van der Waals surface area contributed by atoms with Crippen LogP contribution in [0.5, 0.6) is 0 Å². The van der Waals surface area contributed by atoms with E-state index in [-0.39, 0.29) is 5.91 Å². The lowest BCUT2D eigenvalue weighted by atomic mass is 10.1. The van der Waals surface area contributed by atoms with Gasteiger partial charge in [0.05, 0.1) is 18.3 Å². The number of aliphatic hydroxyl groups is 1. The molecular formula is C13H19BrN2O2. The minimum atomic E-state index is -0.496. The van der Waals surface area contributed by atoms with Crippen LogP contribution in [0.25, 0.3) is 0 Å². The zero-order valence-corrected chi connectivity index (χ0v) is 12.5. The smallest absolute Gasteiger partial charge is 0.239 e. The molecule has 1 atom stereocenters. The summed E-state index contributed by atoms with van der Waals surface area (Å²) in [7, 11) is 1.63. The third-order valence-electron chi connectivity index (χ3n) is 2.79. The number of halogens is 1. The molecule has 1 rings (SSSR count). The number of nitrogens with zero attached hydrogens (tertiary/aromatic N) is 1. The number of hydrogen-bond donors (Lipinski definition) is 2. The average molecular weight is 315 g/mol. The predicted octanol–water partition coefficient (Wildman–Crippen LogP) is 2.07. The van der Waals surface area contributed by atoms with E-state index in [1.165, 1.54) is 0 Å². The lowest BCUT2D eigenvalue weighted by Gasteiger charge is -2.24. The molecule has 0 bridgehead atoms. The number of nitrogens with one attached hydrogen (secondary N) is 1. The molecule has 0 unspecified atom stereocenters. The van der Waals surface area contributed by atoms with Gasteiger partial charge >= 0.3 is 0 Å². The van der Waals surface area contributed by atoms with Gasteiger partial charge in [0.25, 0.3) is 0 Å². The van der Waals surface area contributed by atoms with Crippen molar-refractivity contribution in [1.82, 2.24) is 5.32 Å². The first-order valence-corrected chi connectivity index (χ1v) is 6.72. The van der Waals surface area contributed by atoms with Gasteiger partial charge in [0, 0.05) is 18.1 Å². The molecule has 18 heavy (non-hydrogen) atoms.